The maximum Gasteiger partial charge on any atom is 0.449 e. The summed E-state index contributed by atoms with van der Waals surface area (Å²) in [6, 6.07) is 4.47. The number of terminal acetylenes is 1. The summed E-state index contributed by atoms with van der Waals surface area (Å²) in [5, 5.41) is 2.66. The van der Waals surface area contributed by atoms with Gasteiger partial charge in [0.05, 0.1) is 44.4 Å². The lowest BCUT2D eigenvalue weighted by Gasteiger charge is -2.10. The lowest BCUT2D eigenvalue weighted by molar-refractivity contribution is -0.146. The summed E-state index contributed by atoms with van der Waals surface area (Å²) in [4.78, 5) is 24.5. The van der Waals surface area contributed by atoms with Crippen molar-refractivity contribution in [3.05, 3.63) is 59.8 Å². The van der Waals surface area contributed by atoms with Crippen molar-refractivity contribution >= 4 is 29.0 Å². The lowest BCUT2D eigenvalue weighted by Crippen LogP contribution is -2.31. The van der Waals surface area contributed by atoms with Crippen LogP contribution in [0, 0.1) is 12.8 Å². The Morgan fingerprint density at radius 3 is 2.42 bits per heavy atom. The van der Waals surface area contributed by atoms with Gasteiger partial charge in [0.2, 0.25) is 5.82 Å². The molecule has 1 amide bonds. The molecule has 0 bridgehead atoms. The second kappa shape index (κ2) is 18.7. The molecular weight excluding hydrogens is 527 g/mol. The number of alkyl halides is 3. The van der Waals surface area contributed by atoms with Gasteiger partial charge in [0.25, 0.3) is 5.91 Å². The summed E-state index contributed by atoms with van der Waals surface area (Å²) >= 11 is 0. The molecule has 0 saturated heterocycles. The van der Waals surface area contributed by atoms with E-state index < -0.39 is 17.9 Å². The fourth-order valence-electron chi connectivity index (χ4n) is 2.98. The number of benzene rings is 1. The van der Waals surface area contributed by atoms with Crippen molar-refractivity contribution in [2.45, 2.75) is 40.0 Å². The van der Waals surface area contributed by atoms with Gasteiger partial charge >= 0.3 is 6.18 Å². The van der Waals surface area contributed by atoms with Gasteiger partial charge < -0.3 is 24.1 Å². The van der Waals surface area contributed by atoms with Crippen molar-refractivity contribution in [3.8, 4) is 18.6 Å². The van der Waals surface area contributed by atoms with Crippen LogP contribution < -0.4 is 10.1 Å². The van der Waals surface area contributed by atoms with E-state index in [0.717, 1.165) is 4.57 Å². The molecule has 0 unspecified atom stereocenters. The number of carbonyl (C=O) groups is 1. The zero-order valence-corrected chi connectivity index (χ0v) is 23.7. The number of methoxy groups -OCH3 is 3. The topological polar surface area (TPSA) is 99.3 Å². The third-order valence-electron chi connectivity index (χ3n) is 4.81. The maximum absolute atomic E-state index is 13.5. The number of aromatic nitrogens is 2. The number of amides is 1. The van der Waals surface area contributed by atoms with Crippen LogP contribution in [0.25, 0.3) is 11.0 Å². The lowest BCUT2D eigenvalue weighted by atomic mass is 10.2. The number of hydrogen-bond donors (Lipinski definition) is 1. The van der Waals surface area contributed by atoms with Gasteiger partial charge in [0, 0.05) is 31.3 Å². The van der Waals surface area contributed by atoms with Crippen LogP contribution in [0.15, 0.2) is 64.0 Å². The summed E-state index contributed by atoms with van der Waals surface area (Å²) in [6.45, 7) is 5.36. The summed E-state index contributed by atoms with van der Waals surface area (Å²) < 4.78 is 56.6. The van der Waals surface area contributed by atoms with Crippen LogP contribution >= 0.6 is 0 Å². The van der Waals surface area contributed by atoms with Crippen molar-refractivity contribution in [2.24, 2.45) is 9.98 Å². The number of ether oxygens (including phenoxy) is 3. The van der Waals surface area contributed by atoms with Crippen LogP contribution in [0.1, 0.15) is 33.0 Å². The zero-order valence-electron chi connectivity index (χ0n) is 23.7. The van der Waals surface area contributed by atoms with Crippen LogP contribution in [0.4, 0.5) is 13.2 Å². The fraction of sp³-hybridized carbons (Fsp3) is 0.357. The molecule has 218 valence electrons. The number of imidazole rings is 1. The standard InChI is InChI=1S/C24H28F3N5O4.C2H6.C2H2/c1-16(35-4)13-17(7-6-12-34-3)22(33)31-21(28-2)10-11-29-15-32-20-9-8-18(36-5)14-19(20)30-23(32)24(25,26)27;2*1-2/h6-9,11-14H,10,15H2,1-5H3,(H,28,31,33);1-2H3;1-2H/b12-6+,16-13+,17-7+,29-11-;;. The highest BCUT2D eigenvalue weighted by Crippen LogP contribution is 2.32. The number of aliphatic imine (C=N–C) groups is 2. The first kappa shape index (κ1) is 35.5. The second-order valence-corrected chi connectivity index (χ2v) is 7.20. The number of amidine groups is 1. The van der Waals surface area contributed by atoms with Gasteiger partial charge in [0.1, 0.15) is 18.3 Å². The van der Waals surface area contributed by atoms with Crippen LogP contribution in [0.2, 0.25) is 0 Å². The number of nitrogens with zero attached hydrogens (tertiary/aromatic N) is 4. The first-order chi connectivity index (χ1) is 19.1. The fourth-order valence-corrected chi connectivity index (χ4v) is 2.98. The number of fused-ring (bicyclic) bond motifs is 1. The highest BCUT2D eigenvalue weighted by Gasteiger charge is 2.37. The Bertz CT molecular complexity index is 1260. The summed E-state index contributed by atoms with van der Waals surface area (Å²) in [7, 11) is 5.85. The number of halogens is 3. The molecule has 1 heterocycles. The SMILES string of the molecule is C#C.CC.CN=C(C/C=N\Cn1c(C(F)(F)F)nc2cc(OC)ccc21)NC(=O)C(/C=C(\C)OC)=C/C=C/OC. The molecule has 0 aliphatic carbocycles. The van der Waals surface area contributed by atoms with E-state index in [2.05, 4.69) is 33.1 Å². The van der Waals surface area contributed by atoms with Crippen molar-refractivity contribution in [2.75, 3.05) is 28.4 Å². The third-order valence-corrected chi connectivity index (χ3v) is 4.81. The van der Waals surface area contributed by atoms with Crippen LogP contribution in [0.5, 0.6) is 5.75 Å². The van der Waals surface area contributed by atoms with Crippen molar-refractivity contribution in [1.82, 2.24) is 14.9 Å². The Labute approximate surface area is 233 Å². The minimum Gasteiger partial charge on any atom is -0.504 e. The Morgan fingerprint density at radius 1 is 1.20 bits per heavy atom. The first-order valence-corrected chi connectivity index (χ1v) is 12.0. The highest BCUT2D eigenvalue weighted by atomic mass is 19.4. The van der Waals surface area contributed by atoms with E-state index in [0.29, 0.717) is 11.5 Å². The minimum atomic E-state index is -4.67. The maximum atomic E-state index is 13.5. The molecule has 0 fully saturated rings. The van der Waals surface area contributed by atoms with Gasteiger partial charge in [-0.15, -0.1) is 12.8 Å². The number of carbonyl (C=O) groups excluding carboxylic acids is 1. The molecule has 1 aromatic heterocycles. The second-order valence-electron chi connectivity index (χ2n) is 7.20. The van der Waals surface area contributed by atoms with Gasteiger partial charge in [-0.1, -0.05) is 13.8 Å². The Hall–Kier alpha value is -4.53. The zero-order chi connectivity index (χ0) is 30.7. The van der Waals surface area contributed by atoms with E-state index >= 15 is 0 Å². The van der Waals surface area contributed by atoms with Crippen molar-refractivity contribution in [1.29, 1.82) is 0 Å². The number of nitrogens with one attached hydrogen (secondary N) is 1. The smallest absolute Gasteiger partial charge is 0.449 e. The molecule has 0 radical (unpaired) electrons. The predicted octanol–water partition coefficient (Wildman–Crippen LogP) is 5.54. The molecule has 0 spiro atoms. The van der Waals surface area contributed by atoms with E-state index in [4.69, 9.17) is 14.2 Å². The predicted molar refractivity (Wildman–Crippen MR) is 152 cm³/mol. The van der Waals surface area contributed by atoms with E-state index in [1.807, 2.05) is 13.8 Å². The molecule has 0 aliphatic rings. The largest absolute Gasteiger partial charge is 0.504 e. The van der Waals surface area contributed by atoms with E-state index in [-0.39, 0.29) is 35.5 Å². The third kappa shape index (κ3) is 11.1. The van der Waals surface area contributed by atoms with Crippen molar-refractivity contribution in [3.63, 3.8) is 0 Å². The van der Waals surface area contributed by atoms with E-state index in [1.165, 1.54) is 65.1 Å². The Kier molecular flexibility index (Phi) is 16.6. The molecule has 0 aliphatic heterocycles. The van der Waals surface area contributed by atoms with Gasteiger partial charge in [-0.2, -0.15) is 13.2 Å². The van der Waals surface area contributed by atoms with Gasteiger partial charge in [0.15, 0.2) is 0 Å². The highest BCUT2D eigenvalue weighted by molar-refractivity contribution is 6.10. The summed E-state index contributed by atoms with van der Waals surface area (Å²) in [6.07, 6.45) is 10.8. The Morgan fingerprint density at radius 2 is 1.88 bits per heavy atom. The molecule has 2 rings (SSSR count). The van der Waals surface area contributed by atoms with Crippen molar-refractivity contribution < 1.29 is 32.2 Å². The molecule has 1 aromatic carbocycles. The number of allylic oxidation sites excluding steroid dienone is 3. The summed E-state index contributed by atoms with van der Waals surface area (Å²) in [5.41, 5.74) is 0.675. The average Bonchev–Trinajstić information content (AvgIpc) is 3.34. The van der Waals surface area contributed by atoms with Crippen LogP contribution in [0.3, 0.4) is 0 Å². The van der Waals surface area contributed by atoms with Gasteiger partial charge in [-0.05, 0) is 37.3 Å². The molecule has 40 heavy (non-hydrogen) atoms. The molecule has 0 saturated carbocycles. The quantitative estimate of drug-likeness (QED) is 0.102. The molecular formula is C28H36F3N5O4. The minimum absolute atomic E-state index is 0.0816. The van der Waals surface area contributed by atoms with E-state index in [9.17, 15) is 18.0 Å². The average molecular weight is 564 g/mol. The molecule has 0 atom stereocenters. The first-order valence-electron chi connectivity index (χ1n) is 12.0. The van der Waals surface area contributed by atoms with Gasteiger partial charge in [-0.3, -0.25) is 14.8 Å². The normalized spacial score (nSPS) is 12.4. The number of rotatable bonds is 10. The van der Waals surface area contributed by atoms with Crippen LogP contribution in [-0.2, 0) is 27.1 Å². The molecule has 1 N–H and O–H groups in total. The van der Waals surface area contributed by atoms with Gasteiger partial charge in [-0.25, -0.2) is 4.98 Å². The monoisotopic (exact) mass is 563 g/mol. The van der Waals surface area contributed by atoms with Crippen LogP contribution in [-0.4, -0.2) is 55.9 Å². The summed E-state index contributed by atoms with van der Waals surface area (Å²) in [5.74, 6) is -0.366. The molecule has 9 nitrogen and oxygen atoms in total. The Balaban J connectivity index is 0.00000363. The van der Waals surface area contributed by atoms with E-state index in [1.54, 1.807) is 19.1 Å². The molecule has 12 heteroatoms. The number of hydrogen-bond acceptors (Lipinski definition) is 7. The molecule has 2 aromatic rings.